The first kappa shape index (κ1) is 24.1. The van der Waals surface area contributed by atoms with E-state index in [2.05, 4.69) is 5.32 Å². The Bertz CT molecular complexity index is 1260. The van der Waals surface area contributed by atoms with Gasteiger partial charge in [-0.25, -0.2) is 13.6 Å². The molecule has 1 amide bonds. The number of primary sulfonamides is 1. The first-order valence-electron chi connectivity index (χ1n) is 10.1. The molecule has 0 fully saturated rings. The van der Waals surface area contributed by atoms with Crippen LogP contribution in [0.25, 0.3) is 11.1 Å². The summed E-state index contributed by atoms with van der Waals surface area (Å²) in [6, 6.07) is 20.5. The molecule has 0 bridgehead atoms. The molecule has 0 spiro atoms. The molecule has 9 heteroatoms. The topological polar surface area (TPSA) is 148 Å². The van der Waals surface area contributed by atoms with Crippen LogP contribution >= 0.6 is 0 Å². The van der Waals surface area contributed by atoms with Gasteiger partial charge < -0.3 is 15.8 Å². The van der Waals surface area contributed by atoms with Crippen LogP contribution in [0.15, 0.2) is 77.7 Å². The summed E-state index contributed by atoms with van der Waals surface area (Å²) in [5.74, 6) is -0.712. The van der Waals surface area contributed by atoms with Gasteiger partial charge in [-0.3, -0.25) is 10.2 Å². The highest BCUT2D eigenvalue weighted by atomic mass is 32.2. The minimum absolute atomic E-state index is 0.0336. The molecule has 1 unspecified atom stereocenters. The number of methoxy groups -OCH3 is 1. The van der Waals surface area contributed by atoms with E-state index < -0.39 is 15.9 Å². The van der Waals surface area contributed by atoms with Crippen LogP contribution in [0.2, 0.25) is 0 Å². The number of hydrogen-bond donors (Lipinski definition) is 4. The quantitative estimate of drug-likeness (QED) is 0.283. The van der Waals surface area contributed by atoms with Gasteiger partial charge in [0.15, 0.2) is 0 Å². The van der Waals surface area contributed by atoms with Gasteiger partial charge in [0.2, 0.25) is 15.9 Å². The number of nitrogen functional groups attached to an aromatic ring is 1. The Labute approximate surface area is 193 Å². The third-order valence-corrected chi connectivity index (χ3v) is 6.08. The average Bonchev–Trinajstić information content (AvgIpc) is 2.79. The molecule has 0 aliphatic carbocycles. The second-order valence-electron chi connectivity index (χ2n) is 7.58. The normalized spacial score (nSPS) is 12.2. The van der Waals surface area contributed by atoms with Crippen molar-refractivity contribution in [2.45, 2.75) is 11.3 Å². The van der Waals surface area contributed by atoms with Crippen molar-refractivity contribution in [3.63, 3.8) is 0 Å². The van der Waals surface area contributed by atoms with Crippen molar-refractivity contribution in [1.29, 1.82) is 5.41 Å². The molecule has 33 heavy (non-hydrogen) atoms. The number of hydrogen-bond acceptors (Lipinski definition) is 5. The van der Waals surface area contributed by atoms with Gasteiger partial charge in [0.25, 0.3) is 0 Å². The summed E-state index contributed by atoms with van der Waals surface area (Å²) in [4.78, 5) is 12.9. The smallest absolute Gasteiger partial charge is 0.238 e. The summed E-state index contributed by atoms with van der Waals surface area (Å²) in [6.45, 7) is 0.218. The number of benzene rings is 3. The van der Waals surface area contributed by atoms with Crippen LogP contribution in [-0.4, -0.2) is 33.9 Å². The number of carbonyl (C=O) groups excluding carboxylic acids is 1. The molecule has 8 nitrogen and oxygen atoms in total. The molecule has 3 rings (SSSR count). The number of ether oxygens (including phenoxy) is 1. The monoisotopic (exact) mass is 466 g/mol. The predicted octanol–water partition coefficient (Wildman–Crippen LogP) is 2.73. The van der Waals surface area contributed by atoms with Gasteiger partial charge in [-0.1, -0.05) is 48.5 Å². The van der Waals surface area contributed by atoms with Crippen LogP contribution in [0.4, 0.5) is 5.69 Å². The summed E-state index contributed by atoms with van der Waals surface area (Å²) < 4.78 is 29.0. The predicted molar refractivity (Wildman–Crippen MR) is 128 cm³/mol. The lowest BCUT2D eigenvalue weighted by atomic mass is 9.97. The first-order chi connectivity index (χ1) is 15.7. The molecule has 0 radical (unpaired) electrons. The van der Waals surface area contributed by atoms with E-state index >= 15 is 0 Å². The zero-order valence-corrected chi connectivity index (χ0v) is 18.9. The Hall–Kier alpha value is -3.53. The van der Waals surface area contributed by atoms with Crippen LogP contribution in [0.5, 0.6) is 0 Å². The van der Waals surface area contributed by atoms with E-state index in [4.69, 9.17) is 21.0 Å². The maximum atomic E-state index is 12.9. The lowest BCUT2D eigenvalue weighted by Gasteiger charge is -2.17. The number of sulfonamides is 1. The maximum absolute atomic E-state index is 12.9. The number of amides is 1. The van der Waals surface area contributed by atoms with Crippen molar-refractivity contribution in [1.82, 2.24) is 0 Å². The molecule has 0 aliphatic heterocycles. The largest absolute Gasteiger partial charge is 0.384 e. The average molecular weight is 467 g/mol. The fraction of sp³-hybridized carbons (Fsp3) is 0.167. The Balaban J connectivity index is 1.76. The summed E-state index contributed by atoms with van der Waals surface area (Å²) in [5, 5.41) is 15.8. The molecular formula is C24H26N4O4S. The van der Waals surface area contributed by atoms with E-state index in [9.17, 15) is 13.2 Å². The third kappa shape index (κ3) is 6.26. The Morgan fingerprint density at radius 2 is 1.76 bits per heavy atom. The Kier molecular flexibility index (Phi) is 7.59. The molecule has 0 saturated carbocycles. The molecule has 0 heterocycles. The third-order valence-electron chi connectivity index (χ3n) is 5.12. The van der Waals surface area contributed by atoms with Crippen molar-refractivity contribution in [3.8, 4) is 11.1 Å². The fourth-order valence-electron chi connectivity index (χ4n) is 3.51. The molecule has 6 N–H and O–H groups in total. The van der Waals surface area contributed by atoms with Crippen molar-refractivity contribution >= 4 is 27.5 Å². The van der Waals surface area contributed by atoms with Crippen molar-refractivity contribution in [2.75, 3.05) is 19.0 Å². The van der Waals surface area contributed by atoms with E-state index in [-0.39, 0.29) is 23.2 Å². The SMILES string of the molecule is COCC(Cc1cccc(C(=N)N)c1)C(=O)Nc1ccc(-c2ccccc2S(N)(=O)=O)cc1. The molecule has 3 aromatic carbocycles. The molecule has 0 saturated heterocycles. The standard InChI is InChI=1S/C24H26N4O4S/c1-32-15-19(14-16-5-4-6-18(13-16)23(25)26)24(29)28-20-11-9-17(10-12-20)21-7-2-3-8-22(21)33(27,30)31/h2-13,19H,14-15H2,1H3,(H3,25,26)(H,28,29)(H2,27,30,31). The zero-order valence-electron chi connectivity index (χ0n) is 18.1. The van der Waals surface area contributed by atoms with E-state index in [0.29, 0.717) is 28.8 Å². The fourth-order valence-corrected chi connectivity index (χ4v) is 4.27. The van der Waals surface area contributed by atoms with Crippen molar-refractivity contribution < 1.29 is 17.9 Å². The highest BCUT2D eigenvalue weighted by Gasteiger charge is 2.20. The van der Waals surface area contributed by atoms with E-state index in [1.807, 2.05) is 6.07 Å². The molecule has 1 atom stereocenters. The van der Waals surface area contributed by atoms with Crippen LogP contribution in [-0.2, 0) is 26.0 Å². The second-order valence-corrected chi connectivity index (χ2v) is 9.11. The highest BCUT2D eigenvalue weighted by Crippen LogP contribution is 2.27. The van der Waals surface area contributed by atoms with Crippen LogP contribution < -0.4 is 16.2 Å². The van der Waals surface area contributed by atoms with Gasteiger partial charge in [0.05, 0.1) is 17.4 Å². The molecule has 0 aromatic heterocycles. The molecule has 172 valence electrons. The number of amidine groups is 1. The van der Waals surface area contributed by atoms with Crippen molar-refractivity contribution in [3.05, 3.63) is 83.9 Å². The lowest BCUT2D eigenvalue weighted by molar-refractivity contribution is -0.121. The lowest BCUT2D eigenvalue weighted by Crippen LogP contribution is -2.28. The highest BCUT2D eigenvalue weighted by molar-refractivity contribution is 7.89. The molecule has 3 aromatic rings. The van der Waals surface area contributed by atoms with E-state index in [1.54, 1.807) is 60.7 Å². The van der Waals surface area contributed by atoms with Crippen LogP contribution in [0, 0.1) is 11.3 Å². The van der Waals surface area contributed by atoms with Gasteiger partial charge in [-0.2, -0.15) is 0 Å². The number of nitrogens with two attached hydrogens (primary N) is 2. The summed E-state index contributed by atoms with van der Waals surface area (Å²) in [6.07, 6.45) is 0.417. The van der Waals surface area contributed by atoms with Gasteiger partial charge in [-0.05, 0) is 41.8 Å². The minimum atomic E-state index is -3.87. The zero-order chi connectivity index (χ0) is 24.0. The summed E-state index contributed by atoms with van der Waals surface area (Å²) in [5.41, 5.74) is 8.74. The van der Waals surface area contributed by atoms with Gasteiger partial charge in [-0.15, -0.1) is 0 Å². The Morgan fingerprint density at radius 3 is 2.39 bits per heavy atom. The van der Waals surface area contributed by atoms with Crippen LogP contribution in [0.3, 0.4) is 0 Å². The van der Waals surface area contributed by atoms with Gasteiger partial charge >= 0.3 is 0 Å². The summed E-state index contributed by atoms with van der Waals surface area (Å²) >= 11 is 0. The van der Waals surface area contributed by atoms with E-state index in [1.165, 1.54) is 13.2 Å². The van der Waals surface area contributed by atoms with Gasteiger partial charge in [0.1, 0.15) is 5.84 Å². The van der Waals surface area contributed by atoms with Crippen LogP contribution in [0.1, 0.15) is 11.1 Å². The minimum Gasteiger partial charge on any atom is -0.384 e. The molecular weight excluding hydrogens is 440 g/mol. The van der Waals surface area contributed by atoms with Gasteiger partial charge in [0, 0.05) is 23.9 Å². The maximum Gasteiger partial charge on any atom is 0.238 e. The second kappa shape index (κ2) is 10.4. The number of rotatable bonds is 9. The van der Waals surface area contributed by atoms with E-state index in [0.717, 1.165) is 5.56 Å². The van der Waals surface area contributed by atoms with Crippen molar-refractivity contribution in [2.24, 2.45) is 16.8 Å². The Morgan fingerprint density at radius 1 is 1.06 bits per heavy atom. The number of carbonyl (C=O) groups is 1. The number of anilines is 1. The first-order valence-corrected chi connectivity index (χ1v) is 11.7. The summed E-state index contributed by atoms with van der Waals surface area (Å²) in [7, 11) is -2.34. The number of nitrogens with one attached hydrogen (secondary N) is 2. The molecule has 0 aliphatic rings.